The van der Waals surface area contributed by atoms with Crippen LogP contribution in [-0.2, 0) is 11.4 Å². The molecule has 0 saturated heterocycles. The Balaban J connectivity index is 1.44. The number of nitrogens with zero attached hydrogens (tertiary/aromatic N) is 3. The Morgan fingerprint density at radius 2 is 1.82 bits per heavy atom. The van der Waals surface area contributed by atoms with E-state index in [1.54, 1.807) is 16.4 Å². The zero-order valence-electron chi connectivity index (χ0n) is 21.9. The Kier molecular flexibility index (Phi) is 8.54. The number of allylic oxidation sites excluding steroid dienone is 1. The van der Waals surface area contributed by atoms with Gasteiger partial charge >= 0.3 is 0 Å². The first kappa shape index (κ1) is 26.8. The van der Waals surface area contributed by atoms with E-state index in [1.807, 2.05) is 85.8 Å². The molecule has 2 N–H and O–H groups in total. The maximum absolute atomic E-state index is 13.6. The summed E-state index contributed by atoms with van der Waals surface area (Å²) < 4.78 is 7.80. The lowest BCUT2D eigenvalue weighted by atomic mass is 9.95. The molecule has 1 aliphatic heterocycles. The molecule has 0 radical (unpaired) electrons. The number of carbonyl (C=O) groups excluding carboxylic acids is 1. The average molecular weight is 560 g/mol. The van der Waals surface area contributed by atoms with E-state index in [1.165, 1.54) is 0 Å². The van der Waals surface area contributed by atoms with Gasteiger partial charge in [-0.3, -0.25) is 4.79 Å². The van der Waals surface area contributed by atoms with Gasteiger partial charge in [0.1, 0.15) is 18.4 Å². The summed E-state index contributed by atoms with van der Waals surface area (Å²) in [7, 11) is 0. The van der Waals surface area contributed by atoms with Crippen LogP contribution in [0.3, 0.4) is 0 Å². The van der Waals surface area contributed by atoms with Gasteiger partial charge in [0.25, 0.3) is 5.91 Å². The van der Waals surface area contributed by atoms with Crippen LogP contribution in [0, 0.1) is 0 Å². The summed E-state index contributed by atoms with van der Waals surface area (Å²) >= 11 is 7.90. The van der Waals surface area contributed by atoms with E-state index < -0.39 is 6.04 Å². The second-order valence-electron chi connectivity index (χ2n) is 9.20. The number of hydrogen-bond acceptors (Lipinski definition) is 6. The Morgan fingerprint density at radius 3 is 2.56 bits per heavy atom. The molecule has 3 aromatic carbocycles. The maximum atomic E-state index is 13.6. The summed E-state index contributed by atoms with van der Waals surface area (Å²) in [6, 6.07) is 24.4. The quantitative estimate of drug-likeness (QED) is 0.156. The predicted molar refractivity (Wildman–Crippen MR) is 157 cm³/mol. The third-order valence-electron chi connectivity index (χ3n) is 6.39. The van der Waals surface area contributed by atoms with Crippen LogP contribution in [0.15, 0.2) is 95.3 Å². The van der Waals surface area contributed by atoms with Gasteiger partial charge in [0.2, 0.25) is 11.1 Å². The third-order valence-corrected chi connectivity index (χ3v) is 7.68. The second-order valence-corrected chi connectivity index (χ2v) is 10.7. The van der Waals surface area contributed by atoms with Crippen molar-refractivity contribution in [2.45, 2.75) is 44.5 Å². The number of halogens is 1. The number of unbranched alkanes of at least 4 members (excludes halogenated alkanes) is 1. The van der Waals surface area contributed by atoms with Gasteiger partial charge in [-0.2, -0.15) is 4.98 Å². The number of anilines is 2. The maximum Gasteiger partial charge on any atom is 0.255 e. The molecule has 39 heavy (non-hydrogen) atoms. The fraction of sp³-hybridized carbons (Fsp3) is 0.233. The highest BCUT2D eigenvalue weighted by Crippen LogP contribution is 2.37. The first-order chi connectivity index (χ1) is 19.0. The van der Waals surface area contributed by atoms with E-state index in [0.717, 1.165) is 41.1 Å². The van der Waals surface area contributed by atoms with Gasteiger partial charge in [-0.05, 0) is 49.2 Å². The van der Waals surface area contributed by atoms with Gasteiger partial charge < -0.3 is 15.4 Å². The fourth-order valence-electron chi connectivity index (χ4n) is 4.35. The summed E-state index contributed by atoms with van der Waals surface area (Å²) in [5.41, 5.74) is 3.85. The van der Waals surface area contributed by atoms with E-state index >= 15 is 0 Å². The SMILES string of the molecule is CCCCSc1nc2n(n1)C(c1ccc(OCc3ccccc3Cl)cc1)C(C(=O)Nc1ccccc1)=C(C)N2. The molecular formula is C30H30ClN5O2S. The van der Waals surface area contributed by atoms with Crippen LogP contribution in [0.4, 0.5) is 11.6 Å². The lowest BCUT2D eigenvalue weighted by molar-refractivity contribution is -0.113. The molecule has 1 atom stereocenters. The van der Waals surface area contributed by atoms with Gasteiger partial charge in [-0.15, -0.1) is 5.10 Å². The zero-order valence-corrected chi connectivity index (χ0v) is 23.4. The molecule has 0 fully saturated rings. The molecule has 1 amide bonds. The van der Waals surface area contributed by atoms with Gasteiger partial charge in [0.05, 0.1) is 5.57 Å². The fourth-order valence-corrected chi connectivity index (χ4v) is 5.45. The number of nitrogens with one attached hydrogen (secondary N) is 2. The second kappa shape index (κ2) is 12.4. The van der Waals surface area contributed by atoms with E-state index in [0.29, 0.717) is 34.1 Å². The molecule has 0 spiro atoms. The molecule has 2 heterocycles. The minimum absolute atomic E-state index is 0.198. The number of para-hydroxylation sites is 1. The summed E-state index contributed by atoms with van der Waals surface area (Å²) in [5.74, 6) is 2.07. The summed E-state index contributed by atoms with van der Waals surface area (Å²) in [6.45, 7) is 4.42. The van der Waals surface area contributed by atoms with Crippen LogP contribution in [0.25, 0.3) is 0 Å². The van der Waals surface area contributed by atoms with Crippen LogP contribution in [0.2, 0.25) is 5.02 Å². The first-order valence-corrected chi connectivity index (χ1v) is 14.3. The van der Waals surface area contributed by atoms with Crippen molar-refractivity contribution in [1.29, 1.82) is 0 Å². The van der Waals surface area contributed by atoms with Gasteiger partial charge in [0, 0.05) is 27.7 Å². The number of fused-ring (bicyclic) bond motifs is 1. The number of rotatable bonds is 10. The number of amides is 1. The Morgan fingerprint density at radius 1 is 1.08 bits per heavy atom. The van der Waals surface area contributed by atoms with E-state index in [4.69, 9.17) is 26.4 Å². The highest BCUT2D eigenvalue weighted by molar-refractivity contribution is 7.99. The van der Waals surface area contributed by atoms with Crippen molar-refractivity contribution in [2.24, 2.45) is 0 Å². The van der Waals surface area contributed by atoms with Crippen molar-refractivity contribution in [3.63, 3.8) is 0 Å². The smallest absolute Gasteiger partial charge is 0.255 e. The largest absolute Gasteiger partial charge is 0.489 e. The summed E-state index contributed by atoms with van der Waals surface area (Å²) in [4.78, 5) is 18.4. The summed E-state index contributed by atoms with van der Waals surface area (Å²) in [5, 5.41) is 12.5. The van der Waals surface area contributed by atoms with Crippen LogP contribution >= 0.6 is 23.4 Å². The van der Waals surface area contributed by atoms with Crippen LogP contribution in [0.5, 0.6) is 5.75 Å². The molecule has 4 aromatic rings. The van der Waals surface area contributed by atoms with Crippen molar-refractivity contribution in [3.05, 3.63) is 106 Å². The Hall–Kier alpha value is -3.75. The standard InChI is InChI=1S/C30H30ClN5O2S/c1-3-4-18-39-30-34-29-32-20(2)26(28(37)33-23-11-6-5-7-12-23)27(36(29)35-30)21-14-16-24(17-15-21)38-19-22-10-8-9-13-25(22)31/h5-17,27H,3-4,18-19H2,1-2H3,(H,33,37)(H,32,34,35). The summed E-state index contributed by atoms with van der Waals surface area (Å²) in [6.07, 6.45) is 2.19. The van der Waals surface area contributed by atoms with Crippen molar-refractivity contribution >= 4 is 40.9 Å². The Bertz CT molecular complexity index is 1470. The minimum atomic E-state index is -0.462. The van der Waals surface area contributed by atoms with Crippen molar-refractivity contribution in [1.82, 2.24) is 14.8 Å². The molecule has 0 bridgehead atoms. The van der Waals surface area contributed by atoms with E-state index in [9.17, 15) is 4.79 Å². The van der Waals surface area contributed by atoms with Crippen molar-refractivity contribution in [3.8, 4) is 5.75 Å². The van der Waals surface area contributed by atoms with Crippen LogP contribution in [-0.4, -0.2) is 26.4 Å². The highest BCUT2D eigenvalue weighted by atomic mass is 35.5. The highest BCUT2D eigenvalue weighted by Gasteiger charge is 2.34. The number of thioether (sulfide) groups is 1. The number of aromatic nitrogens is 3. The number of carbonyl (C=O) groups is 1. The van der Waals surface area contributed by atoms with Gasteiger partial charge in [-0.25, -0.2) is 4.68 Å². The van der Waals surface area contributed by atoms with Crippen molar-refractivity contribution < 1.29 is 9.53 Å². The molecule has 9 heteroatoms. The third kappa shape index (κ3) is 6.29. The molecule has 200 valence electrons. The topological polar surface area (TPSA) is 81.1 Å². The number of hydrogen-bond donors (Lipinski definition) is 2. The molecule has 1 aromatic heterocycles. The lowest BCUT2D eigenvalue weighted by Crippen LogP contribution is -2.31. The normalized spacial score (nSPS) is 14.5. The van der Waals surface area contributed by atoms with E-state index in [-0.39, 0.29) is 5.91 Å². The van der Waals surface area contributed by atoms with Crippen LogP contribution in [0.1, 0.15) is 43.9 Å². The monoisotopic (exact) mass is 559 g/mol. The van der Waals surface area contributed by atoms with Gasteiger partial charge in [0.15, 0.2) is 0 Å². The number of benzene rings is 3. The first-order valence-electron chi connectivity index (χ1n) is 12.9. The van der Waals surface area contributed by atoms with E-state index in [2.05, 4.69) is 17.6 Å². The molecule has 0 saturated carbocycles. The van der Waals surface area contributed by atoms with Crippen molar-refractivity contribution in [2.75, 3.05) is 16.4 Å². The molecule has 1 aliphatic rings. The minimum Gasteiger partial charge on any atom is -0.489 e. The zero-order chi connectivity index (χ0) is 27.2. The molecular weight excluding hydrogens is 530 g/mol. The number of ether oxygens (including phenoxy) is 1. The Labute approximate surface area is 237 Å². The molecule has 5 rings (SSSR count). The van der Waals surface area contributed by atoms with Crippen LogP contribution < -0.4 is 15.4 Å². The molecule has 1 unspecified atom stereocenters. The molecule has 7 nitrogen and oxygen atoms in total. The predicted octanol–water partition coefficient (Wildman–Crippen LogP) is 7.33. The lowest BCUT2D eigenvalue weighted by Gasteiger charge is -2.28. The molecule has 0 aliphatic carbocycles. The average Bonchev–Trinajstić information content (AvgIpc) is 3.35. The van der Waals surface area contributed by atoms with Gasteiger partial charge in [-0.1, -0.05) is 85.2 Å².